The second-order valence-electron chi connectivity index (χ2n) is 10.9. The summed E-state index contributed by atoms with van der Waals surface area (Å²) in [4.78, 5) is 25.8. The molecule has 5 N–H and O–H groups in total. The predicted molar refractivity (Wildman–Crippen MR) is 107 cm³/mol. The van der Waals surface area contributed by atoms with Crippen molar-refractivity contribution in [3.8, 4) is 0 Å². The average Bonchev–Trinajstić information content (AvgIpc) is 3.04. The fourth-order valence-corrected chi connectivity index (χ4v) is 7.54. The number of ketones is 2. The molecule has 0 aromatic rings. The molecule has 7 heteroatoms. The lowest BCUT2D eigenvalue weighted by molar-refractivity contribution is -0.282. The van der Waals surface area contributed by atoms with Crippen molar-refractivity contribution in [1.82, 2.24) is 0 Å². The van der Waals surface area contributed by atoms with Crippen molar-refractivity contribution in [2.75, 3.05) is 6.61 Å². The van der Waals surface area contributed by atoms with Gasteiger partial charge in [0.05, 0.1) is 12.2 Å². The Bertz CT molecular complexity index is 930. The molecule has 2 fully saturated rings. The second-order valence-corrected chi connectivity index (χ2v) is 10.9. The normalized spacial score (nSPS) is 50.5. The minimum absolute atomic E-state index is 0.167. The molecule has 0 unspecified atom stereocenters. The van der Waals surface area contributed by atoms with E-state index in [9.17, 15) is 35.1 Å². The van der Waals surface area contributed by atoms with Gasteiger partial charge in [-0.05, 0) is 25.0 Å². The van der Waals surface area contributed by atoms with Crippen LogP contribution in [-0.2, 0) is 9.59 Å². The molecule has 0 bridgehead atoms. The monoisotopic (exact) mass is 420 g/mol. The van der Waals surface area contributed by atoms with E-state index >= 15 is 0 Å². The zero-order chi connectivity index (χ0) is 22.9. The van der Waals surface area contributed by atoms with Crippen LogP contribution in [-0.4, -0.2) is 66.1 Å². The molecule has 4 aliphatic carbocycles. The second kappa shape index (κ2) is 5.51. The molecule has 7 atom stereocenters. The van der Waals surface area contributed by atoms with E-state index in [4.69, 9.17) is 0 Å². The van der Waals surface area contributed by atoms with Crippen molar-refractivity contribution >= 4 is 11.6 Å². The van der Waals surface area contributed by atoms with E-state index in [1.807, 2.05) is 0 Å². The van der Waals surface area contributed by atoms with Crippen molar-refractivity contribution in [1.29, 1.82) is 0 Å². The van der Waals surface area contributed by atoms with Crippen molar-refractivity contribution in [3.63, 3.8) is 0 Å². The first kappa shape index (κ1) is 21.8. The third-order valence-electron chi connectivity index (χ3n) is 9.23. The van der Waals surface area contributed by atoms with Crippen LogP contribution in [0.2, 0.25) is 0 Å². The van der Waals surface area contributed by atoms with Gasteiger partial charge in [0.1, 0.15) is 11.2 Å². The maximum atomic E-state index is 13.0. The molecule has 0 aromatic heterocycles. The van der Waals surface area contributed by atoms with E-state index in [0.717, 1.165) is 0 Å². The Morgan fingerprint density at radius 2 is 1.67 bits per heavy atom. The Kier molecular flexibility index (Phi) is 4.01. The van der Waals surface area contributed by atoms with E-state index < -0.39 is 69.2 Å². The fourth-order valence-electron chi connectivity index (χ4n) is 7.54. The summed E-state index contributed by atoms with van der Waals surface area (Å²) in [6, 6.07) is 0. The zero-order valence-corrected chi connectivity index (χ0v) is 18.4. The molecular formula is C23H32O7. The molecule has 0 heterocycles. The summed E-state index contributed by atoms with van der Waals surface area (Å²) in [6.07, 6.45) is 2.99. The Balaban J connectivity index is 2.09. The highest BCUT2D eigenvalue weighted by Gasteiger charge is 2.92. The van der Waals surface area contributed by atoms with Crippen LogP contribution in [0.25, 0.3) is 0 Å². The summed E-state index contributed by atoms with van der Waals surface area (Å²) in [5, 5.41) is 57.4. The molecule has 0 radical (unpaired) electrons. The highest BCUT2D eigenvalue weighted by atomic mass is 16.4. The molecule has 0 amide bonds. The number of hydrogen-bond donors (Lipinski definition) is 5. The first-order valence-electron chi connectivity index (χ1n) is 10.5. The smallest absolute Gasteiger partial charge is 0.190 e. The number of aliphatic hydroxyl groups excluding tert-OH is 1. The number of aliphatic hydroxyl groups is 5. The van der Waals surface area contributed by atoms with Crippen molar-refractivity contribution in [2.45, 2.75) is 70.4 Å². The van der Waals surface area contributed by atoms with Gasteiger partial charge in [0.2, 0.25) is 0 Å². The molecule has 166 valence electrons. The minimum Gasteiger partial charge on any atom is -0.392 e. The van der Waals surface area contributed by atoms with Crippen molar-refractivity contribution in [2.24, 2.45) is 28.6 Å². The lowest BCUT2D eigenvalue weighted by Crippen LogP contribution is -2.77. The van der Waals surface area contributed by atoms with E-state index in [0.29, 0.717) is 5.57 Å². The van der Waals surface area contributed by atoms with Gasteiger partial charge in [-0.2, -0.15) is 0 Å². The Hall–Kier alpha value is -1.38. The quantitative estimate of drug-likeness (QED) is 0.405. The number of Topliss-reactive ketones (excluding diaryl/α,β-unsaturated/α-hetero) is 2. The molecule has 0 aromatic carbocycles. The molecule has 4 rings (SSSR count). The Morgan fingerprint density at radius 3 is 2.17 bits per heavy atom. The minimum atomic E-state index is -2.31. The summed E-state index contributed by atoms with van der Waals surface area (Å²) in [7, 11) is 0. The molecule has 7 nitrogen and oxygen atoms in total. The molecule has 0 aliphatic heterocycles. The third-order valence-corrected chi connectivity index (χ3v) is 9.23. The van der Waals surface area contributed by atoms with E-state index in [2.05, 4.69) is 0 Å². The van der Waals surface area contributed by atoms with Crippen LogP contribution in [0.3, 0.4) is 0 Å². The Morgan fingerprint density at radius 1 is 1.10 bits per heavy atom. The molecule has 2 saturated carbocycles. The average molecular weight is 421 g/mol. The van der Waals surface area contributed by atoms with Gasteiger partial charge in [0.15, 0.2) is 17.2 Å². The molecular weight excluding hydrogens is 388 g/mol. The van der Waals surface area contributed by atoms with Crippen LogP contribution in [0.15, 0.2) is 23.3 Å². The fraction of sp³-hybridized carbons (Fsp3) is 0.739. The van der Waals surface area contributed by atoms with Gasteiger partial charge in [0.25, 0.3) is 0 Å². The Labute approximate surface area is 176 Å². The van der Waals surface area contributed by atoms with Crippen LogP contribution in [0.5, 0.6) is 0 Å². The maximum absolute atomic E-state index is 13.0. The molecule has 30 heavy (non-hydrogen) atoms. The lowest BCUT2D eigenvalue weighted by atomic mass is 9.47. The number of hydrogen-bond acceptors (Lipinski definition) is 7. The molecule has 0 saturated heterocycles. The topological polar surface area (TPSA) is 135 Å². The summed E-state index contributed by atoms with van der Waals surface area (Å²) in [5.41, 5.74) is -9.99. The van der Waals surface area contributed by atoms with Crippen LogP contribution >= 0.6 is 0 Å². The predicted octanol–water partition coefficient (Wildman–Crippen LogP) is 0.279. The standard InChI is InChI=1S/C23H32O7/c1-11-7-15-20(27,17(11)26)9-13(10-24)8-14-16-18(3,4)23(16,30)22(29,12(2)25)19(5,6)21(14,15)28/h7-8,14-16,24,27-30H,9-10H2,1-6H3/t14-,15+,16+,20+,21+,22+,23-/m0/s1. The number of fused-ring (bicyclic) bond motifs is 5. The SMILES string of the molecule is CC(=O)[C@@]1(O)C(C)(C)[C@@]2(O)[C@@H](C=C(CO)C[C@]3(O)C(=O)C(C)=C[C@@H]23)[C@@H]2C(C)(C)[C@@]21O. The van der Waals surface area contributed by atoms with Crippen LogP contribution in [0.4, 0.5) is 0 Å². The first-order chi connectivity index (χ1) is 13.5. The zero-order valence-electron chi connectivity index (χ0n) is 18.4. The van der Waals surface area contributed by atoms with E-state index in [1.165, 1.54) is 26.8 Å². The van der Waals surface area contributed by atoms with Gasteiger partial charge in [0, 0.05) is 35.0 Å². The van der Waals surface area contributed by atoms with Crippen LogP contribution in [0.1, 0.15) is 48.0 Å². The molecule has 0 spiro atoms. The van der Waals surface area contributed by atoms with E-state index in [-0.39, 0.29) is 12.0 Å². The van der Waals surface area contributed by atoms with Crippen LogP contribution < -0.4 is 0 Å². The summed E-state index contributed by atoms with van der Waals surface area (Å²) in [6.45, 7) is 8.81. The largest absolute Gasteiger partial charge is 0.392 e. The lowest BCUT2D eigenvalue weighted by Gasteiger charge is -2.61. The third kappa shape index (κ3) is 1.83. The first-order valence-corrected chi connectivity index (χ1v) is 10.5. The highest BCUT2D eigenvalue weighted by Crippen LogP contribution is 2.80. The summed E-state index contributed by atoms with van der Waals surface area (Å²) < 4.78 is 0. The number of carbonyl (C=O) groups is 2. The van der Waals surface area contributed by atoms with Gasteiger partial charge >= 0.3 is 0 Å². The van der Waals surface area contributed by atoms with E-state index in [1.54, 1.807) is 26.8 Å². The van der Waals surface area contributed by atoms with Gasteiger partial charge < -0.3 is 25.5 Å². The van der Waals surface area contributed by atoms with Gasteiger partial charge in [-0.3, -0.25) is 9.59 Å². The van der Waals surface area contributed by atoms with Gasteiger partial charge in [-0.15, -0.1) is 0 Å². The van der Waals surface area contributed by atoms with Gasteiger partial charge in [-0.25, -0.2) is 0 Å². The summed E-state index contributed by atoms with van der Waals surface area (Å²) in [5.74, 6) is -3.86. The maximum Gasteiger partial charge on any atom is 0.190 e. The summed E-state index contributed by atoms with van der Waals surface area (Å²) >= 11 is 0. The number of carbonyl (C=O) groups excluding carboxylic acids is 2. The molecule has 4 aliphatic rings. The van der Waals surface area contributed by atoms with Crippen molar-refractivity contribution in [3.05, 3.63) is 23.3 Å². The van der Waals surface area contributed by atoms with Crippen LogP contribution in [0, 0.1) is 28.6 Å². The number of rotatable bonds is 2. The highest BCUT2D eigenvalue weighted by molar-refractivity contribution is 6.05. The van der Waals surface area contributed by atoms with Crippen molar-refractivity contribution < 1.29 is 35.1 Å². The van der Waals surface area contributed by atoms with Gasteiger partial charge in [-0.1, -0.05) is 39.8 Å².